The molecule has 6 heteroatoms. The maximum absolute atomic E-state index is 13.9. The molecule has 174 valence electrons. The lowest BCUT2D eigenvalue weighted by atomic mass is 9.54. The quantitative estimate of drug-likeness (QED) is 0.179. The Hall–Kier alpha value is -4.09. The number of amides is 2. The molecule has 2 amide bonds. The summed E-state index contributed by atoms with van der Waals surface area (Å²) in [6.07, 6.45) is 0. The molecule has 0 saturated carbocycles. The first-order chi connectivity index (χ1) is 17.6. The van der Waals surface area contributed by atoms with Crippen molar-refractivity contribution in [2.75, 3.05) is 4.90 Å². The molecule has 0 N–H and O–H groups in total. The minimum absolute atomic E-state index is 0.205. The van der Waals surface area contributed by atoms with Crippen molar-refractivity contribution < 1.29 is 9.59 Å². The third-order valence-electron chi connectivity index (χ3n) is 7.66. The number of alkyl halides is 1. The number of carbonyl (C=O) groups is 2. The largest absolute Gasteiger partial charge is 0.274 e. The smallest absolute Gasteiger partial charge is 0.240 e. The molecule has 3 aliphatic carbocycles. The van der Waals surface area contributed by atoms with Gasteiger partial charge in [0.05, 0.1) is 28.9 Å². The number of imide groups is 1. The van der Waals surface area contributed by atoms with Gasteiger partial charge in [0.15, 0.2) is 0 Å². The lowest BCUT2D eigenvalue weighted by Crippen LogP contribution is -2.50. The first-order valence-corrected chi connectivity index (χ1v) is 12.3. The van der Waals surface area contributed by atoms with Gasteiger partial charge in [-0.15, -0.1) is 11.6 Å². The van der Waals surface area contributed by atoms with Crippen molar-refractivity contribution in [3.05, 3.63) is 125 Å². The summed E-state index contributed by atoms with van der Waals surface area (Å²) < 4.78 is 0. The fourth-order valence-corrected chi connectivity index (χ4v) is 6.79. The lowest BCUT2D eigenvalue weighted by Gasteiger charge is -2.50. The van der Waals surface area contributed by atoms with Crippen molar-refractivity contribution >= 4 is 40.5 Å². The number of hydrogen-bond acceptors (Lipinski definition) is 4. The summed E-state index contributed by atoms with van der Waals surface area (Å²) in [6.45, 7) is 0. The molecule has 4 aromatic carbocycles. The Kier molecular flexibility index (Phi) is 4.54. The number of nitrogens with zero attached hydrogens (tertiary/aromatic N) is 3. The van der Waals surface area contributed by atoms with Crippen LogP contribution in [-0.4, -0.2) is 11.8 Å². The van der Waals surface area contributed by atoms with Gasteiger partial charge in [0.25, 0.3) is 0 Å². The second-order valence-electron chi connectivity index (χ2n) is 9.43. The van der Waals surface area contributed by atoms with Gasteiger partial charge < -0.3 is 0 Å². The summed E-state index contributed by atoms with van der Waals surface area (Å²) in [4.78, 5) is 28.1. The molecular weight excluding hydrogens is 470 g/mol. The summed E-state index contributed by atoms with van der Waals surface area (Å²) in [5.74, 6) is -1.88. The minimum Gasteiger partial charge on any atom is -0.274 e. The zero-order valence-corrected chi connectivity index (χ0v) is 19.8. The molecule has 8 rings (SSSR count). The Morgan fingerprint density at radius 1 is 0.639 bits per heavy atom. The molecule has 1 saturated heterocycles. The van der Waals surface area contributed by atoms with E-state index in [4.69, 9.17) is 11.6 Å². The standard InChI is InChI=1S/C30H20ClN3O2/c31-30-23-12-6-4-10-21(23)25(22-11-5-7-13-24(22)30)26-27(30)29(36)34(28(26)35)20-16-14-19(15-17-20)33-32-18-8-2-1-3-9-18/h1-17,25-27H/t25?,26-,27-,30?/m0/s1. The molecule has 0 spiro atoms. The van der Waals surface area contributed by atoms with E-state index in [1.807, 2.05) is 78.9 Å². The molecule has 1 fully saturated rings. The van der Waals surface area contributed by atoms with Crippen molar-refractivity contribution in [3.63, 3.8) is 0 Å². The number of halogens is 1. The van der Waals surface area contributed by atoms with Gasteiger partial charge >= 0.3 is 0 Å². The Morgan fingerprint density at radius 3 is 1.78 bits per heavy atom. The predicted molar refractivity (Wildman–Crippen MR) is 138 cm³/mol. The second-order valence-corrected chi connectivity index (χ2v) is 10.0. The average Bonchev–Trinajstić information content (AvgIpc) is 3.20. The average molecular weight is 490 g/mol. The van der Waals surface area contributed by atoms with E-state index < -0.39 is 16.7 Å². The van der Waals surface area contributed by atoms with E-state index in [1.165, 1.54) is 4.90 Å². The van der Waals surface area contributed by atoms with Gasteiger partial charge in [0.1, 0.15) is 4.87 Å². The molecule has 2 atom stereocenters. The topological polar surface area (TPSA) is 62.1 Å². The third kappa shape index (κ3) is 2.78. The molecule has 1 aliphatic heterocycles. The van der Waals surface area contributed by atoms with E-state index >= 15 is 0 Å². The summed E-state index contributed by atoms with van der Waals surface area (Å²) in [5.41, 5.74) is 5.82. The van der Waals surface area contributed by atoms with Gasteiger partial charge in [0, 0.05) is 5.92 Å². The van der Waals surface area contributed by atoms with Crippen molar-refractivity contribution in [1.29, 1.82) is 0 Å². The van der Waals surface area contributed by atoms with Gasteiger partial charge in [0.2, 0.25) is 11.8 Å². The van der Waals surface area contributed by atoms with E-state index in [1.54, 1.807) is 24.3 Å². The Morgan fingerprint density at radius 2 is 1.17 bits per heavy atom. The Balaban J connectivity index is 1.28. The van der Waals surface area contributed by atoms with Gasteiger partial charge in [-0.2, -0.15) is 10.2 Å². The Labute approximate surface area is 213 Å². The number of benzene rings is 4. The maximum Gasteiger partial charge on any atom is 0.240 e. The summed E-state index contributed by atoms with van der Waals surface area (Å²) in [6, 6.07) is 32.4. The van der Waals surface area contributed by atoms with Crippen LogP contribution >= 0.6 is 11.6 Å². The van der Waals surface area contributed by atoms with E-state index in [0.717, 1.165) is 27.9 Å². The van der Waals surface area contributed by atoms with Crippen LogP contribution in [-0.2, 0) is 14.5 Å². The number of rotatable bonds is 3. The fraction of sp³-hybridized carbons (Fsp3) is 0.133. The minimum atomic E-state index is -1.09. The van der Waals surface area contributed by atoms with Crippen LogP contribution in [0.5, 0.6) is 0 Å². The van der Waals surface area contributed by atoms with Crippen LogP contribution in [0.1, 0.15) is 28.2 Å². The Bertz CT molecular complexity index is 1520. The fourth-order valence-electron chi connectivity index (χ4n) is 6.21. The lowest BCUT2D eigenvalue weighted by molar-refractivity contribution is -0.122. The van der Waals surface area contributed by atoms with Crippen molar-refractivity contribution in [2.24, 2.45) is 22.1 Å². The summed E-state index contributed by atoms with van der Waals surface area (Å²) >= 11 is 7.47. The van der Waals surface area contributed by atoms with Crippen molar-refractivity contribution in [3.8, 4) is 0 Å². The van der Waals surface area contributed by atoms with E-state index in [-0.39, 0.29) is 17.7 Å². The van der Waals surface area contributed by atoms with Gasteiger partial charge in [-0.1, -0.05) is 66.7 Å². The monoisotopic (exact) mass is 489 g/mol. The second kappa shape index (κ2) is 7.70. The van der Waals surface area contributed by atoms with Crippen molar-refractivity contribution in [1.82, 2.24) is 0 Å². The van der Waals surface area contributed by atoms with Crippen LogP contribution in [0.4, 0.5) is 17.1 Å². The van der Waals surface area contributed by atoms with Crippen LogP contribution in [0.15, 0.2) is 113 Å². The van der Waals surface area contributed by atoms with E-state index in [0.29, 0.717) is 11.4 Å². The van der Waals surface area contributed by atoms with Gasteiger partial charge in [-0.05, 0) is 58.7 Å². The molecule has 1 heterocycles. The maximum atomic E-state index is 13.9. The zero-order valence-electron chi connectivity index (χ0n) is 19.1. The SMILES string of the molecule is O=C1[C@@H]2[C@@H](C(=O)N1c1ccc(N=Nc3ccccc3)cc1)C1c3ccccc3C2(Cl)c2ccccc21. The highest BCUT2D eigenvalue weighted by Gasteiger charge is 2.67. The number of carbonyl (C=O) groups excluding carboxylic acids is 2. The third-order valence-corrected chi connectivity index (χ3v) is 8.30. The van der Waals surface area contributed by atoms with E-state index in [2.05, 4.69) is 10.2 Å². The van der Waals surface area contributed by atoms with Crippen LogP contribution in [0.2, 0.25) is 0 Å². The molecule has 0 unspecified atom stereocenters. The van der Waals surface area contributed by atoms with Gasteiger partial charge in [-0.25, -0.2) is 4.90 Å². The van der Waals surface area contributed by atoms with Gasteiger partial charge in [-0.3, -0.25) is 9.59 Å². The summed E-state index contributed by atoms with van der Waals surface area (Å²) in [7, 11) is 0. The molecule has 36 heavy (non-hydrogen) atoms. The predicted octanol–water partition coefficient (Wildman–Crippen LogP) is 6.85. The normalized spacial score (nSPS) is 25.7. The van der Waals surface area contributed by atoms with Crippen LogP contribution in [0, 0.1) is 11.8 Å². The highest BCUT2D eigenvalue weighted by Crippen LogP contribution is 2.65. The highest BCUT2D eigenvalue weighted by atomic mass is 35.5. The van der Waals surface area contributed by atoms with E-state index in [9.17, 15) is 9.59 Å². The molecule has 4 aliphatic rings. The van der Waals surface area contributed by atoms with Crippen LogP contribution < -0.4 is 4.90 Å². The van der Waals surface area contributed by atoms with Crippen LogP contribution in [0.3, 0.4) is 0 Å². The number of anilines is 1. The summed E-state index contributed by atoms with van der Waals surface area (Å²) in [5, 5.41) is 8.51. The molecule has 4 aromatic rings. The van der Waals surface area contributed by atoms with Crippen molar-refractivity contribution in [2.45, 2.75) is 10.8 Å². The zero-order chi connectivity index (χ0) is 24.4. The molecule has 2 bridgehead atoms. The van der Waals surface area contributed by atoms with Crippen LogP contribution in [0.25, 0.3) is 0 Å². The number of hydrogen-bond donors (Lipinski definition) is 0. The molecule has 5 nitrogen and oxygen atoms in total. The molecule has 0 aromatic heterocycles. The molecular formula is C30H20ClN3O2. The highest BCUT2D eigenvalue weighted by molar-refractivity contribution is 6.33. The first-order valence-electron chi connectivity index (χ1n) is 11.9. The number of azo groups is 1. The molecule has 0 radical (unpaired) electrons. The first kappa shape index (κ1) is 21.2.